The molecule has 0 radical (unpaired) electrons. The second kappa shape index (κ2) is 5.17. The van der Waals surface area contributed by atoms with Crippen LogP contribution in [0.15, 0.2) is 23.9 Å². The molecule has 0 amide bonds. The van der Waals surface area contributed by atoms with Crippen LogP contribution in [0.3, 0.4) is 0 Å². The average molecular weight is 241 g/mol. The van der Waals surface area contributed by atoms with Gasteiger partial charge >= 0.3 is 6.18 Å². The number of pyridine rings is 1. The molecule has 0 aromatic carbocycles. The predicted molar refractivity (Wildman–Crippen MR) is 63.4 cm³/mol. The number of nitrogens with zero attached hydrogens (tertiary/aromatic N) is 1. The van der Waals surface area contributed by atoms with Gasteiger partial charge in [-0.2, -0.15) is 13.2 Å². The lowest BCUT2D eigenvalue weighted by Crippen LogP contribution is -2.09. The van der Waals surface area contributed by atoms with Gasteiger partial charge in [0.2, 0.25) is 0 Å². The van der Waals surface area contributed by atoms with Crippen molar-refractivity contribution in [3.05, 3.63) is 40.7 Å². The summed E-state index contributed by atoms with van der Waals surface area (Å²) in [4.78, 5) is 3.98. The quantitative estimate of drug-likeness (QED) is 0.748. The third-order valence-corrected chi connectivity index (χ3v) is 2.37. The van der Waals surface area contributed by atoms with Gasteiger partial charge in [-0.15, -0.1) is 0 Å². The van der Waals surface area contributed by atoms with E-state index in [4.69, 9.17) is 0 Å². The first-order valence-electron chi connectivity index (χ1n) is 5.20. The lowest BCUT2D eigenvalue weighted by atomic mass is 10.1. The summed E-state index contributed by atoms with van der Waals surface area (Å²) in [6.07, 6.45) is 1.82. The molecular weight excluding hydrogens is 227 g/mol. The van der Waals surface area contributed by atoms with E-state index >= 15 is 0 Å². The molecule has 4 heteroatoms. The Kier molecular flexibility index (Phi) is 4.10. The maximum absolute atomic E-state index is 12.4. The molecule has 1 rings (SSSR count). The monoisotopic (exact) mass is 241 g/mol. The van der Waals surface area contributed by atoms with Crippen LogP contribution in [-0.2, 0) is 0 Å². The largest absolute Gasteiger partial charge is 0.412 e. The lowest BCUT2D eigenvalue weighted by molar-refractivity contribution is -0.0903. The van der Waals surface area contributed by atoms with Crippen LogP contribution in [0.2, 0.25) is 0 Å². The Morgan fingerprint density at radius 3 is 2.53 bits per heavy atom. The molecule has 0 N–H and O–H groups in total. The highest BCUT2D eigenvalue weighted by atomic mass is 19.4. The summed E-state index contributed by atoms with van der Waals surface area (Å²) in [5.41, 5.74) is 1.32. The molecule has 1 aromatic rings. The van der Waals surface area contributed by atoms with Crippen LogP contribution in [0.1, 0.15) is 30.7 Å². The molecule has 1 heterocycles. The summed E-state index contributed by atoms with van der Waals surface area (Å²) in [5, 5.41) is 0. The SMILES string of the molecule is C/C=C\c1c(C)ccnc1/C=C(\C)C(F)(F)F. The minimum atomic E-state index is -4.31. The van der Waals surface area contributed by atoms with Gasteiger partial charge in [0.25, 0.3) is 0 Å². The van der Waals surface area contributed by atoms with Crippen molar-refractivity contribution in [1.29, 1.82) is 0 Å². The molecule has 0 aliphatic heterocycles. The molecule has 0 aliphatic carbocycles. The average Bonchev–Trinajstić information content (AvgIpc) is 2.21. The third-order valence-electron chi connectivity index (χ3n) is 2.37. The van der Waals surface area contributed by atoms with E-state index in [2.05, 4.69) is 4.98 Å². The maximum Gasteiger partial charge on any atom is 0.412 e. The van der Waals surface area contributed by atoms with E-state index in [9.17, 15) is 13.2 Å². The Bertz CT molecular complexity index is 456. The van der Waals surface area contributed by atoms with Crippen molar-refractivity contribution in [2.24, 2.45) is 0 Å². The van der Waals surface area contributed by atoms with Gasteiger partial charge in [0.15, 0.2) is 0 Å². The predicted octanol–water partition coefficient (Wildman–Crippen LogP) is 4.39. The molecular formula is C13H14F3N. The standard InChI is InChI=1S/C13H14F3N/c1-4-5-11-9(2)6-7-17-12(11)8-10(3)13(14,15)16/h4-8H,1-3H3/b5-4-,10-8+. The fraction of sp³-hybridized carbons (Fsp3) is 0.308. The summed E-state index contributed by atoms with van der Waals surface area (Å²) in [6.45, 7) is 4.71. The highest BCUT2D eigenvalue weighted by Crippen LogP contribution is 2.27. The first kappa shape index (κ1) is 13.5. The Balaban J connectivity index is 3.28. The summed E-state index contributed by atoms with van der Waals surface area (Å²) < 4.78 is 37.3. The topological polar surface area (TPSA) is 12.9 Å². The minimum Gasteiger partial charge on any atom is -0.256 e. The molecule has 92 valence electrons. The fourth-order valence-electron chi connectivity index (χ4n) is 1.38. The van der Waals surface area contributed by atoms with Gasteiger partial charge in [-0.3, -0.25) is 4.98 Å². The van der Waals surface area contributed by atoms with Crippen molar-refractivity contribution in [1.82, 2.24) is 4.98 Å². The Morgan fingerprint density at radius 1 is 1.35 bits per heavy atom. The lowest BCUT2D eigenvalue weighted by Gasteiger charge is -2.08. The first-order valence-corrected chi connectivity index (χ1v) is 5.20. The van der Waals surface area contributed by atoms with E-state index in [-0.39, 0.29) is 0 Å². The van der Waals surface area contributed by atoms with Crippen molar-refractivity contribution in [2.75, 3.05) is 0 Å². The first-order chi connectivity index (χ1) is 7.86. The number of rotatable bonds is 2. The molecule has 0 fully saturated rings. The second-order valence-electron chi connectivity index (χ2n) is 3.75. The fourth-order valence-corrected chi connectivity index (χ4v) is 1.38. The van der Waals surface area contributed by atoms with E-state index < -0.39 is 11.7 Å². The van der Waals surface area contributed by atoms with Gasteiger partial charge in [-0.1, -0.05) is 12.2 Å². The molecule has 17 heavy (non-hydrogen) atoms. The highest BCUT2D eigenvalue weighted by molar-refractivity contribution is 5.66. The van der Waals surface area contributed by atoms with Crippen molar-refractivity contribution in [3.63, 3.8) is 0 Å². The molecule has 0 atom stereocenters. The number of alkyl halides is 3. The van der Waals surface area contributed by atoms with Gasteiger partial charge in [0.1, 0.15) is 0 Å². The summed E-state index contributed by atoms with van der Waals surface area (Å²) >= 11 is 0. The Labute approximate surface area is 98.7 Å². The number of aryl methyl sites for hydroxylation is 1. The van der Waals surface area contributed by atoms with Crippen LogP contribution in [0.5, 0.6) is 0 Å². The zero-order valence-corrected chi connectivity index (χ0v) is 9.97. The molecule has 0 spiro atoms. The molecule has 0 unspecified atom stereocenters. The van der Waals surface area contributed by atoms with E-state index in [1.807, 2.05) is 13.8 Å². The van der Waals surface area contributed by atoms with E-state index in [0.717, 1.165) is 24.1 Å². The van der Waals surface area contributed by atoms with Gasteiger partial charge < -0.3 is 0 Å². The van der Waals surface area contributed by atoms with E-state index in [1.165, 1.54) is 6.20 Å². The highest BCUT2D eigenvalue weighted by Gasteiger charge is 2.30. The number of hydrogen-bond acceptors (Lipinski definition) is 1. The molecule has 0 saturated carbocycles. The van der Waals surface area contributed by atoms with Crippen molar-refractivity contribution in [2.45, 2.75) is 26.9 Å². The number of hydrogen-bond donors (Lipinski definition) is 0. The minimum absolute atomic E-state index is 0.345. The van der Waals surface area contributed by atoms with Gasteiger partial charge in [-0.25, -0.2) is 0 Å². The summed E-state index contributed by atoms with van der Waals surface area (Å²) in [6, 6.07) is 1.77. The normalized spacial score (nSPS) is 13.4. The van der Waals surface area contributed by atoms with Crippen LogP contribution >= 0.6 is 0 Å². The summed E-state index contributed by atoms with van der Waals surface area (Å²) in [5.74, 6) is 0. The van der Waals surface area contributed by atoms with Crippen molar-refractivity contribution >= 4 is 12.2 Å². The smallest absolute Gasteiger partial charge is 0.256 e. The third kappa shape index (κ3) is 3.44. The molecule has 1 aromatic heterocycles. The van der Waals surface area contributed by atoms with E-state index in [0.29, 0.717) is 5.69 Å². The van der Waals surface area contributed by atoms with Gasteiger partial charge in [0.05, 0.1) is 5.69 Å². The van der Waals surface area contributed by atoms with Crippen LogP contribution in [0, 0.1) is 6.92 Å². The van der Waals surface area contributed by atoms with E-state index in [1.54, 1.807) is 18.2 Å². The van der Waals surface area contributed by atoms with Crippen molar-refractivity contribution < 1.29 is 13.2 Å². The molecule has 0 aliphatic rings. The Hall–Kier alpha value is -1.58. The maximum atomic E-state index is 12.4. The van der Waals surface area contributed by atoms with Crippen LogP contribution in [0.25, 0.3) is 12.2 Å². The van der Waals surface area contributed by atoms with Crippen molar-refractivity contribution in [3.8, 4) is 0 Å². The molecule has 0 saturated heterocycles. The van der Waals surface area contributed by atoms with Crippen LogP contribution in [0.4, 0.5) is 13.2 Å². The number of halogens is 3. The van der Waals surface area contributed by atoms with Gasteiger partial charge in [-0.05, 0) is 38.5 Å². The second-order valence-corrected chi connectivity index (χ2v) is 3.75. The zero-order valence-electron chi connectivity index (χ0n) is 9.97. The molecule has 1 nitrogen and oxygen atoms in total. The van der Waals surface area contributed by atoms with Crippen LogP contribution < -0.4 is 0 Å². The van der Waals surface area contributed by atoms with Crippen LogP contribution in [-0.4, -0.2) is 11.2 Å². The molecule has 0 bridgehead atoms. The number of aromatic nitrogens is 1. The number of allylic oxidation sites excluding steroid dienone is 2. The zero-order chi connectivity index (χ0) is 13.1. The summed E-state index contributed by atoms with van der Waals surface area (Å²) in [7, 11) is 0. The van der Waals surface area contributed by atoms with Gasteiger partial charge in [0, 0.05) is 17.3 Å². The Morgan fingerprint density at radius 2 is 2.00 bits per heavy atom.